The summed E-state index contributed by atoms with van der Waals surface area (Å²) < 4.78 is 0. The molecule has 1 amide bonds. The van der Waals surface area contributed by atoms with Gasteiger partial charge in [-0.15, -0.1) is 11.3 Å². The van der Waals surface area contributed by atoms with Crippen molar-refractivity contribution >= 4 is 23.2 Å². The first-order valence-corrected chi connectivity index (χ1v) is 11.5. The Morgan fingerprint density at radius 3 is 2.87 bits per heavy atom. The van der Waals surface area contributed by atoms with E-state index in [4.69, 9.17) is 10.7 Å². The summed E-state index contributed by atoms with van der Waals surface area (Å²) in [5.74, 6) is 0.926. The van der Waals surface area contributed by atoms with Crippen LogP contribution in [-0.4, -0.2) is 28.3 Å². The van der Waals surface area contributed by atoms with Crippen LogP contribution in [0.15, 0.2) is 34.8 Å². The van der Waals surface area contributed by atoms with Crippen LogP contribution in [0.3, 0.4) is 0 Å². The molecule has 1 saturated carbocycles. The molecule has 5 rings (SSSR count). The van der Waals surface area contributed by atoms with Gasteiger partial charge in [-0.1, -0.05) is 25.8 Å². The number of amides is 1. The van der Waals surface area contributed by atoms with E-state index in [1.807, 2.05) is 23.6 Å². The van der Waals surface area contributed by atoms with Crippen LogP contribution in [0.5, 0.6) is 0 Å². The predicted molar refractivity (Wildman–Crippen MR) is 116 cm³/mol. The van der Waals surface area contributed by atoms with Crippen molar-refractivity contribution in [2.75, 3.05) is 6.54 Å². The quantitative estimate of drug-likeness (QED) is 0.825. The summed E-state index contributed by atoms with van der Waals surface area (Å²) in [5, 5.41) is 12.4. The Kier molecular flexibility index (Phi) is 4.44. The Morgan fingerprint density at radius 2 is 2.17 bits per heavy atom. The monoisotopic (exact) mass is 419 g/mol. The van der Waals surface area contributed by atoms with Crippen LogP contribution in [0.2, 0.25) is 0 Å². The topological polar surface area (TPSA) is 95.4 Å². The number of benzene rings is 1. The fraction of sp³-hybridized carbons (Fsp3) is 0.478. The first-order valence-electron chi connectivity index (χ1n) is 10.6. The van der Waals surface area contributed by atoms with E-state index in [1.54, 1.807) is 22.4 Å². The maximum Gasteiger partial charge on any atom is 0.262 e. The predicted octanol–water partition coefficient (Wildman–Crippen LogP) is 3.36. The van der Waals surface area contributed by atoms with Crippen molar-refractivity contribution in [1.82, 2.24) is 9.88 Å². The highest BCUT2D eigenvalue weighted by atomic mass is 32.1. The molecule has 2 spiro atoms. The van der Waals surface area contributed by atoms with Crippen molar-refractivity contribution in [1.29, 1.82) is 5.26 Å². The summed E-state index contributed by atoms with van der Waals surface area (Å²) in [5.41, 5.74) is 7.72. The minimum Gasteiger partial charge on any atom is -0.369 e. The van der Waals surface area contributed by atoms with Gasteiger partial charge >= 0.3 is 0 Å². The highest BCUT2D eigenvalue weighted by molar-refractivity contribution is 7.09. The number of rotatable bonds is 3. The second-order valence-electron chi connectivity index (χ2n) is 8.94. The molecule has 3 aliphatic rings. The molecule has 0 saturated heterocycles. The fourth-order valence-corrected chi connectivity index (χ4v) is 6.28. The van der Waals surface area contributed by atoms with Gasteiger partial charge in [0.1, 0.15) is 0 Å². The van der Waals surface area contributed by atoms with Gasteiger partial charge in [-0.3, -0.25) is 9.69 Å². The smallest absolute Gasteiger partial charge is 0.262 e. The number of carbonyl (C=O) groups excluding carboxylic acids is 1. The summed E-state index contributed by atoms with van der Waals surface area (Å²) in [6.07, 6.45) is 7.33. The molecule has 6 nitrogen and oxygen atoms in total. The third-order valence-corrected chi connectivity index (χ3v) is 8.14. The molecule has 1 aliphatic heterocycles. The normalized spacial score (nSPS) is 30.0. The lowest BCUT2D eigenvalue weighted by Crippen LogP contribution is -2.52. The maximum absolute atomic E-state index is 14.0. The van der Waals surface area contributed by atoms with Crippen molar-refractivity contribution in [3.05, 3.63) is 51.5 Å². The van der Waals surface area contributed by atoms with Crippen molar-refractivity contribution in [2.45, 2.75) is 51.0 Å². The number of thiazole rings is 1. The SMILES string of the molecule is CC1CCC2(CC1)Cc1ccc(C#N)cc1C21N=C(N)N(CCc2nccs2)C1=O. The Labute approximate surface area is 180 Å². The van der Waals surface area contributed by atoms with Crippen LogP contribution in [0, 0.1) is 22.7 Å². The molecule has 2 heterocycles. The number of hydrogen-bond acceptors (Lipinski definition) is 6. The number of hydrogen-bond donors (Lipinski definition) is 1. The summed E-state index contributed by atoms with van der Waals surface area (Å²) in [7, 11) is 0. The first-order chi connectivity index (χ1) is 14.5. The largest absolute Gasteiger partial charge is 0.369 e. The van der Waals surface area contributed by atoms with Gasteiger partial charge < -0.3 is 5.73 Å². The minimum absolute atomic E-state index is 0.0278. The van der Waals surface area contributed by atoms with Crippen LogP contribution in [0.25, 0.3) is 0 Å². The third-order valence-electron chi connectivity index (χ3n) is 7.30. The number of fused-ring (bicyclic) bond motifs is 3. The van der Waals surface area contributed by atoms with Crippen LogP contribution in [-0.2, 0) is 23.2 Å². The Bertz CT molecular complexity index is 1060. The average Bonchev–Trinajstić information content (AvgIpc) is 3.42. The molecule has 0 bridgehead atoms. The van der Waals surface area contributed by atoms with E-state index >= 15 is 0 Å². The van der Waals surface area contributed by atoms with Gasteiger partial charge in [0.2, 0.25) is 0 Å². The summed E-state index contributed by atoms with van der Waals surface area (Å²) in [6, 6.07) is 7.97. The van der Waals surface area contributed by atoms with Crippen LogP contribution in [0.1, 0.15) is 54.3 Å². The van der Waals surface area contributed by atoms with Crippen molar-refractivity contribution < 1.29 is 4.79 Å². The van der Waals surface area contributed by atoms with E-state index in [1.165, 1.54) is 0 Å². The Hall–Kier alpha value is -2.72. The second kappa shape index (κ2) is 6.92. The molecular formula is C23H25N5OS. The lowest BCUT2D eigenvalue weighted by Gasteiger charge is -2.45. The number of nitriles is 1. The lowest BCUT2D eigenvalue weighted by atomic mass is 9.60. The molecule has 7 heteroatoms. The average molecular weight is 420 g/mol. The van der Waals surface area contributed by atoms with E-state index in [0.29, 0.717) is 30.4 Å². The number of aliphatic imine (C=N–C) groups is 1. The first kappa shape index (κ1) is 19.3. The van der Waals surface area contributed by atoms with Gasteiger partial charge in [0.15, 0.2) is 11.5 Å². The number of nitrogens with zero attached hydrogens (tertiary/aromatic N) is 4. The van der Waals surface area contributed by atoms with Gasteiger partial charge in [-0.05, 0) is 48.4 Å². The third kappa shape index (κ3) is 2.63. The summed E-state index contributed by atoms with van der Waals surface area (Å²) in [4.78, 5) is 25.0. The van der Waals surface area contributed by atoms with E-state index in [9.17, 15) is 10.1 Å². The van der Waals surface area contributed by atoms with Crippen molar-refractivity contribution in [3.8, 4) is 6.07 Å². The molecular weight excluding hydrogens is 394 g/mol. The molecule has 30 heavy (non-hydrogen) atoms. The maximum atomic E-state index is 14.0. The van der Waals surface area contributed by atoms with Gasteiger partial charge in [-0.25, -0.2) is 9.98 Å². The van der Waals surface area contributed by atoms with Crippen molar-refractivity contribution in [3.63, 3.8) is 0 Å². The number of nitrogens with two attached hydrogens (primary N) is 1. The van der Waals surface area contributed by atoms with Gasteiger partial charge in [-0.2, -0.15) is 5.26 Å². The summed E-state index contributed by atoms with van der Waals surface area (Å²) >= 11 is 1.58. The van der Waals surface area contributed by atoms with E-state index in [0.717, 1.165) is 48.2 Å². The fourth-order valence-electron chi connectivity index (χ4n) is 5.67. The molecule has 1 unspecified atom stereocenters. The molecule has 1 atom stereocenters. The Morgan fingerprint density at radius 1 is 1.37 bits per heavy atom. The zero-order valence-corrected chi connectivity index (χ0v) is 17.9. The van der Waals surface area contributed by atoms with Crippen molar-refractivity contribution in [2.24, 2.45) is 22.1 Å². The zero-order valence-electron chi connectivity index (χ0n) is 17.1. The molecule has 2 aromatic rings. The highest BCUT2D eigenvalue weighted by Crippen LogP contribution is 2.62. The number of carbonyl (C=O) groups is 1. The second-order valence-corrected chi connectivity index (χ2v) is 9.92. The van der Waals surface area contributed by atoms with Crippen LogP contribution < -0.4 is 5.73 Å². The molecule has 2 N–H and O–H groups in total. The van der Waals surface area contributed by atoms with E-state index < -0.39 is 5.54 Å². The number of guanidine groups is 1. The standard InChI is InChI=1S/C23H25N5OS/c1-15-4-7-22(8-5-15)13-17-3-2-16(14-24)12-18(17)23(22)20(29)28(21(25)27-23)10-6-19-26-9-11-30-19/h2-3,9,11-12,15H,4-8,10,13H2,1H3,(H2,25,27). The van der Waals surface area contributed by atoms with Gasteiger partial charge in [0.25, 0.3) is 5.91 Å². The molecule has 154 valence electrons. The van der Waals surface area contributed by atoms with Crippen LogP contribution >= 0.6 is 11.3 Å². The zero-order chi connectivity index (χ0) is 20.9. The molecule has 0 radical (unpaired) electrons. The van der Waals surface area contributed by atoms with E-state index in [2.05, 4.69) is 18.0 Å². The molecule has 1 aromatic carbocycles. The number of aromatic nitrogens is 1. The Balaban J connectivity index is 1.58. The van der Waals surface area contributed by atoms with Gasteiger partial charge in [0, 0.05) is 30.0 Å². The minimum atomic E-state index is -0.998. The van der Waals surface area contributed by atoms with Gasteiger partial charge in [0.05, 0.1) is 16.6 Å². The van der Waals surface area contributed by atoms with Crippen LogP contribution in [0.4, 0.5) is 0 Å². The summed E-state index contributed by atoms with van der Waals surface area (Å²) in [6.45, 7) is 2.76. The molecule has 2 aliphatic carbocycles. The highest BCUT2D eigenvalue weighted by Gasteiger charge is 2.66. The molecule has 1 aromatic heterocycles. The lowest BCUT2D eigenvalue weighted by molar-refractivity contribution is -0.137. The van der Waals surface area contributed by atoms with E-state index in [-0.39, 0.29) is 11.3 Å². The molecule has 1 fully saturated rings.